The van der Waals surface area contributed by atoms with Gasteiger partial charge in [-0.3, -0.25) is 4.79 Å². The van der Waals surface area contributed by atoms with Gasteiger partial charge in [-0.05, 0) is 12.0 Å². The van der Waals surface area contributed by atoms with E-state index in [4.69, 9.17) is 0 Å². The van der Waals surface area contributed by atoms with E-state index in [9.17, 15) is 4.79 Å². The maximum Gasteiger partial charge on any atom is 0.222 e. The number of unbranched alkanes of at least 4 members (excludes halogenated alkanes) is 2. The van der Waals surface area contributed by atoms with Gasteiger partial charge in [0.15, 0.2) is 0 Å². The van der Waals surface area contributed by atoms with E-state index >= 15 is 0 Å². The van der Waals surface area contributed by atoms with Gasteiger partial charge in [0.1, 0.15) is 0 Å². The Balaban J connectivity index is 2.50. The summed E-state index contributed by atoms with van der Waals surface area (Å²) in [6.45, 7) is 3.65. The van der Waals surface area contributed by atoms with E-state index in [2.05, 4.69) is 35.0 Å². The number of carbonyl (C=O) groups excluding carboxylic acids is 1. The van der Waals surface area contributed by atoms with Gasteiger partial charge < -0.3 is 4.90 Å². The highest BCUT2D eigenvalue weighted by molar-refractivity contribution is 9.09. The molecule has 1 aromatic carbocycles. The molecule has 0 N–H and O–H groups in total. The molecule has 0 saturated carbocycles. The Morgan fingerprint density at radius 2 is 1.94 bits per heavy atom. The predicted molar refractivity (Wildman–Crippen MR) is 79.8 cm³/mol. The highest BCUT2D eigenvalue weighted by Gasteiger charge is 2.12. The van der Waals surface area contributed by atoms with Gasteiger partial charge in [0, 0.05) is 24.8 Å². The van der Waals surface area contributed by atoms with Crippen LogP contribution >= 0.6 is 15.9 Å². The fraction of sp³-hybridized carbons (Fsp3) is 0.533. The Kier molecular flexibility index (Phi) is 7.74. The van der Waals surface area contributed by atoms with Crippen molar-refractivity contribution in [3.8, 4) is 0 Å². The molecule has 0 radical (unpaired) electrons. The number of amides is 1. The smallest absolute Gasteiger partial charge is 0.222 e. The third-order valence-electron chi connectivity index (χ3n) is 2.92. The van der Waals surface area contributed by atoms with Crippen LogP contribution in [0, 0.1) is 0 Å². The molecule has 1 aromatic rings. The molecule has 1 amide bonds. The molecule has 1 rings (SSSR count). The predicted octanol–water partition coefficient (Wildman–Crippen LogP) is 3.99. The minimum absolute atomic E-state index is 0.270. The number of alkyl halides is 1. The molecular formula is C15H22BrNO. The van der Waals surface area contributed by atoms with E-state index in [0.717, 1.165) is 37.7 Å². The average Bonchev–Trinajstić information content (AvgIpc) is 2.39. The van der Waals surface area contributed by atoms with Crippen molar-refractivity contribution in [2.45, 2.75) is 39.2 Å². The molecule has 0 spiro atoms. The Hall–Kier alpha value is -0.830. The molecule has 0 unspecified atom stereocenters. The summed E-state index contributed by atoms with van der Waals surface area (Å²) < 4.78 is 0. The lowest BCUT2D eigenvalue weighted by molar-refractivity contribution is -0.131. The first-order valence-corrected chi connectivity index (χ1v) is 7.77. The lowest BCUT2D eigenvalue weighted by atomic mass is 10.1. The molecule has 0 heterocycles. The number of rotatable bonds is 8. The second-order valence-corrected chi connectivity index (χ2v) is 5.24. The maximum atomic E-state index is 12.1. The summed E-state index contributed by atoms with van der Waals surface area (Å²) >= 11 is 3.42. The molecule has 0 saturated heterocycles. The Bertz CT molecular complexity index is 340. The van der Waals surface area contributed by atoms with Gasteiger partial charge in [-0.15, -0.1) is 0 Å². The van der Waals surface area contributed by atoms with Crippen LogP contribution in [0.25, 0.3) is 0 Å². The Labute approximate surface area is 119 Å². The summed E-state index contributed by atoms with van der Waals surface area (Å²) in [4.78, 5) is 14.1. The second-order valence-electron chi connectivity index (χ2n) is 4.45. The molecule has 0 fully saturated rings. The maximum absolute atomic E-state index is 12.1. The lowest BCUT2D eigenvalue weighted by Gasteiger charge is -2.22. The summed E-state index contributed by atoms with van der Waals surface area (Å²) in [6, 6.07) is 10.2. The van der Waals surface area contributed by atoms with Gasteiger partial charge in [0.2, 0.25) is 5.91 Å². The molecule has 2 nitrogen and oxygen atoms in total. The molecule has 0 aliphatic heterocycles. The van der Waals surface area contributed by atoms with Crippen LogP contribution in [0.4, 0.5) is 0 Å². The zero-order chi connectivity index (χ0) is 13.2. The third kappa shape index (κ3) is 5.67. The van der Waals surface area contributed by atoms with Crippen LogP contribution in [0.1, 0.15) is 38.2 Å². The monoisotopic (exact) mass is 311 g/mol. The largest absolute Gasteiger partial charge is 0.338 e. The first-order chi connectivity index (χ1) is 8.77. The molecule has 18 heavy (non-hydrogen) atoms. The van der Waals surface area contributed by atoms with Gasteiger partial charge in [0.25, 0.3) is 0 Å². The normalized spacial score (nSPS) is 10.3. The molecule has 3 heteroatoms. The molecule has 100 valence electrons. The molecular weight excluding hydrogens is 290 g/mol. The highest BCUT2D eigenvalue weighted by atomic mass is 79.9. The van der Waals surface area contributed by atoms with Crippen LogP contribution < -0.4 is 0 Å². The van der Waals surface area contributed by atoms with Crippen molar-refractivity contribution in [3.05, 3.63) is 35.9 Å². The molecule has 0 aliphatic rings. The average molecular weight is 312 g/mol. The van der Waals surface area contributed by atoms with Crippen molar-refractivity contribution in [1.82, 2.24) is 4.90 Å². The number of carbonyl (C=O) groups is 1. The third-order valence-corrected chi connectivity index (χ3v) is 3.27. The number of hydrogen-bond acceptors (Lipinski definition) is 1. The number of nitrogens with zero attached hydrogens (tertiary/aromatic N) is 1. The van der Waals surface area contributed by atoms with Crippen molar-refractivity contribution in [2.75, 3.05) is 11.9 Å². The van der Waals surface area contributed by atoms with Crippen molar-refractivity contribution < 1.29 is 4.79 Å². The van der Waals surface area contributed by atoms with Crippen LogP contribution in [0.3, 0.4) is 0 Å². The van der Waals surface area contributed by atoms with Crippen LogP contribution in [0.2, 0.25) is 0 Å². The van der Waals surface area contributed by atoms with Crippen molar-refractivity contribution in [3.63, 3.8) is 0 Å². The topological polar surface area (TPSA) is 20.3 Å². The quantitative estimate of drug-likeness (QED) is 0.525. The Morgan fingerprint density at radius 3 is 2.56 bits per heavy atom. The van der Waals surface area contributed by atoms with Gasteiger partial charge in [-0.1, -0.05) is 66.0 Å². The van der Waals surface area contributed by atoms with Crippen LogP contribution in [-0.2, 0) is 11.3 Å². The van der Waals surface area contributed by atoms with Crippen molar-refractivity contribution >= 4 is 21.8 Å². The van der Waals surface area contributed by atoms with Crippen LogP contribution in [0.15, 0.2) is 30.3 Å². The minimum Gasteiger partial charge on any atom is -0.338 e. The van der Waals surface area contributed by atoms with Crippen LogP contribution in [-0.4, -0.2) is 22.7 Å². The first kappa shape index (κ1) is 15.2. The summed E-state index contributed by atoms with van der Waals surface area (Å²) in [7, 11) is 0. The minimum atomic E-state index is 0.270. The van der Waals surface area contributed by atoms with E-state index in [1.165, 1.54) is 5.56 Å². The van der Waals surface area contributed by atoms with E-state index in [1.54, 1.807) is 0 Å². The SMILES string of the molecule is CCCCCC(=O)N(CCBr)Cc1ccccc1. The van der Waals surface area contributed by atoms with Gasteiger partial charge in [-0.25, -0.2) is 0 Å². The summed E-state index contributed by atoms with van der Waals surface area (Å²) in [5.74, 6) is 0.270. The zero-order valence-corrected chi connectivity index (χ0v) is 12.7. The molecule has 0 atom stereocenters. The number of hydrogen-bond donors (Lipinski definition) is 0. The standard InChI is InChI=1S/C15H22BrNO/c1-2-3-5-10-15(18)17(12-11-16)13-14-8-6-4-7-9-14/h4,6-9H,2-3,5,10-13H2,1H3. The van der Waals surface area contributed by atoms with Gasteiger partial charge in [0.05, 0.1) is 0 Å². The fourth-order valence-corrected chi connectivity index (χ4v) is 2.31. The fourth-order valence-electron chi connectivity index (χ4n) is 1.88. The first-order valence-electron chi connectivity index (χ1n) is 6.65. The van der Waals surface area contributed by atoms with E-state index in [-0.39, 0.29) is 5.91 Å². The molecule has 0 aromatic heterocycles. The number of benzene rings is 1. The van der Waals surface area contributed by atoms with Gasteiger partial charge >= 0.3 is 0 Å². The van der Waals surface area contributed by atoms with Crippen molar-refractivity contribution in [2.24, 2.45) is 0 Å². The molecule has 0 bridgehead atoms. The van der Waals surface area contributed by atoms with Crippen molar-refractivity contribution in [1.29, 1.82) is 0 Å². The highest BCUT2D eigenvalue weighted by Crippen LogP contribution is 2.09. The summed E-state index contributed by atoms with van der Waals surface area (Å²) in [5.41, 5.74) is 1.20. The lowest BCUT2D eigenvalue weighted by Crippen LogP contribution is -2.32. The molecule has 0 aliphatic carbocycles. The van der Waals surface area contributed by atoms with E-state index < -0.39 is 0 Å². The van der Waals surface area contributed by atoms with Gasteiger partial charge in [-0.2, -0.15) is 0 Å². The Morgan fingerprint density at radius 1 is 1.22 bits per heavy atom. The summed E-state index contributed by atoms with van der Waals surface area (Å²) in [6.07, 6.45) is 3.97. The summed E-state index contributed by atoms with van der Waals surface area (Å²) in [5, 5.41) is 0.833. The second kappa shape index (κ2) is 9.15. The van der Waals surface area contributed by atoms with E-state index in [1.807, 2.05) is 23.1 Å². The number of halogens is 1. The van der Waals surface area contributed by atoms with E-state index in [0.29, 0.717) is 6.42 Å². The zero-order valence-electron chi connectivity index (χ0n) is 11.1. The van der Waals surface area contributed by atoms with Crippen LogP contribution in [0.5, 0.6) is 0 Å².